The van der Waals surface area contributed by atoms with Crippen molar-refractivity contribution in [1.29, 1.82) is 0 Å². The molecule has 2 heterocycles. The summed E-state index contributed by atoms with van der Waals surface area (Å²) in [5, 5.41) is 0. The molecule has 4 nitrogen and oxygen atoms in total. The van der Waals surface area contributed by atoms with Gasteiger partial charge in [-0.25, -0.2) is 4.98 Å². The maximum atomic E-state index is 5.26. The van der Waals surface area contributed by atoms with E-state index in [0.717, 1.165) is 31.0 Å². The summed E-state index contributed by atoms with van der Waals surface area (Å²) in [6.45, 7) is 2.75. The predicted octanol–water partition coefficient (Wildman–Crippen LogP) is 2.23. The standard InChI is InChI=1S/C13H13N3O/c1-3-12(16-7-5-14-6-8-16)4-2-11(1)13-9-15-10-17-13/h1-5,9-10H,6-8H2. The van der Waals surface area contributed by atoms with Crippen molar-refractivity contribution in [2.24, 2.45) is 4.99 Å². The third-order valence-electron chi connectivity index (χ3n) is 2.88. The summed E-state index contributed by atoms with van der Waals surface area (Å²) in [7, 11) is 0. The van der Waals surface area contributed by atoms with Gasteiger partial charge in [-0.2, -0.15) is 0 Å². The Kier molecular flexibility index (Phi) is 2.62. The molecule has 1 aliphatic heterocycles. The Labute approximate surface area is 99.6 Å². The maximum absolute atomic E-state index is 5.26. The van der Waals surface area contributed by atoms with Gasteiger partial charge < -0.3 is 9.32 Å². The van der Waals surface area contributed by atoms with Crippen molar-refractivity contribution in [3.8, 4) is 11.3 Å². The van der Waals surface area contributed by atoms with Crippen LogP contribution in [-0.2, 0) is 0 Å². The zero-order valence-corrected chi connectivity index (χ0v) is 9.41. The van der Waals surface area contributed by atoms with Crippen molar-refractivity contribution in [1.82, 2.24) is 4.98 Å². The molecule has 17 heavy (non-hydrogen) atoms. The fourth-order valence-electron chi connectivity index (χ4n) is 1.95. The van der Waals surface area contributed by atoms with Gasteiger partial charge in [0.15, 0.2) is 12.2 Å². The van der Waals surface area contributed by atoms with Crippen molar-refractivity contribution >= 4 is 11.9 Å². The Morgan fingerprint density at radius 1 is 1.18 bits per heavy atom. The third-order valence-corrected chi connectivity index (χ3v) is 2.88. The maximum Gasteiger partial charge on any atom is 0.181 e. The molecule has 1 aliphatic rings. The van der Waals surface area contributed by atoms with E-state index in [0.29, 0.717) is 0 Å². The van der Waals surface area contributed by atoms with Crippen LogP contribution in [0.25, 0.3) is 11.3 Å². The second kappa shape index (κ2) is 4.41. The Balaban J connectivity index is 1.82. The Bertz CT molecular complexity index is 502. The van der Waals surface area contributed by atoms with Gasteiger partial charge in [0.1, 0.15) is 0 Å². The highest BCUT2D eigenvalue weighted by Crippen LogP contribution is 2.22. The summed E-state index contributed by atoms with van der Waals surface area (Å²) in [5.41, 5.74) is 2.27. The molecule has 0 atom stereocenters. The van der Waals surface area contributed by atoms with Crippen molar-refractivity contribution in [2.45, 2.75) is 0 Å². The van der Waals surface area contributed by atoms with E-state index in [4.69, 9.17) is 4.42 Å². The molecule has 0 N–H and O–H groups in total. The van der Waals surface area contributed by atoms with Gasteiger partial charge in [-0.15, -0.1) is 0 Å². The van der Waals surface area contributed by atoms with Gasteiger partial charge in [-0.3, -0.25) is 4.99 Å². The van der Waals surface area contributed by atoms with E-state index >= 15 is 0 Å². The first-order chi connectivity index (χ1) is 8.43. The first-order valence-corrected chi connectivity index (χ1v) is 5.66. The van der Waals surface area contributed by atoms with Gasteiger partial charge in [0, 0.05) is 24.0 Å². The van der Waals surface area contributed by atoms with Crippen molar-refractivity contribution in [3.05, 3.63) is 36.9 Å². The highest BCUT2D eigenvalue weighted by Gasteiger charge is 2.08. The molecule has 0 bridgehead atoms. The normalized spacial score (nSPS) is 15.2. The largest absolute Gasteiger partial charge is 0.444 e. The lowest BCUT2D eigenvalue weighted by Gasteiger charge is -2.25. The summed E-state index contributed by atoms with van der Waals surface area (Å²) in [6.07, 6.45) is 5.14. The average molecular weight is 227 g/mol. The van der Waals surface area contributed by atoms with E-state index < -0.39 is 0 Å². The van der Waals surface area contributed by atoms with Crippen molar-refractivity contribution < 1.29 is 4.42 Å². The van der Waals surface area contributed by atoms with Crippen molar-refractivity contribution in [3.63, 3.8) is 0 Å². The number of hydrogen-bond donors (Lipinski definition) is 0. The van der Waals surface area contributed by atoms with E-state index in [1.165, 1.54) is 12.1 Å². The zero-order chi connectivity index (χ0) is 11.5. The Morgan fingerprint density at radius 3 is 2.71 bits per heavy atom. The Hall–Kier alpha value is -2.10. The SMILES string of the molecule is C1=NCCN(c2ccc(-c3cnco3)cc2)C1. The minimum atomic E-state index is 0.803. The quantitative estimate of drug-likeness (QED) is 0.790. The average Bonchev–Trinajstić information content (AvgIpc) is 2.94. The van der Waals surface area contributed by atoms with Gasteiger partial charge in [0.25, 0.3) is 0 Å². The first kappa shape index (κ1) is 10.1. The van der Waals surface area contributed by atoms with Crippen LogP contribution in [0.1, 0.15) is 0 Å². The highest BCUT2D eigenvalue weighted by atomic mass is 16.3. The molecular weight excluding hydrogens is 214 g/mol. The van der Waals surface area contributed by atoms with Crippen LogP contribution in [0.2, 0.25) is 0 Å². The number of benzene rings is 1. The molecule has 1 aromatic heterocycles. The second-order valence-electron chi connectivity index (χ2n) is 3.95. The summed E-state index contributed by atoms with van der Waals surface area (Å²) < 4.78 is 5.26. The molecule has 0 spiro atoms. The molecule has 0 saturated carbocycles. The molecule has 0 aliphatic carbocycles. The van der Waals surface area contributed by atoms with Crippen LogP contribution in [0.15, 0.2) is 46.3 Å². The minimum Gasteiger partial charge on any atom is -0.444 e. The van der Waals surface area contributed by atoms with Crippen LogP contribution in [0, 0.1) is 0 Å². The first-order valence-electron chi connectivity index (χ1n) is 5.66. The van der Waals surface area contributed by atoms with E-state index in [1.54, 1.807) is 6.20 Å². The second-order valence-corrected chi connectivity index (χ2v) is 3.95. The summed E-state index contributed by atoms with van der Waals surface area (Å²) in [4.78, 5) is 10.4. The predicted molar refractivity (Wildman–Crippen MR) is 67.5 cm³/mol. The van der Waals surface area contributed by atoms with Crippen LogP contribution in [-0.4, -0.2) is 30.8 Å². The topological polar surface area (TPSA) is 41.6 Å². The molecule has 4 heteroatoms. The molecule has 0 unspecified atom stereocenters. The minimum absolute atomic E-state index is 0.803. The molecule has 1 aromatic carbocycles. The van der Waals surface area contributed by atoms with Gasteiger partial charge in [0.05, 0.1) is 19.3 Å². The van der Waals surface area contributed by atoms with Crippen LogP contribution >= 0.6 is 0 Å². The molecule has 3 rings (SSSR count). The van der Waals surface area contributed by atoms with Gasteiger partial charge in [-0.1, -0.05) is 0 Å². The number of anilines is 1. The molecule has 0 radical (unpaired) electrons. The molecule has 2 aromatic rings. The molecule has 86 valence electrons. The number of rotatable bonds is 2. The van der Waals surface area contributed by atoms with Crippen LogP contribution < -0.4 is 4.90 Å². The van der Waals surface area contributed by atoms with E-state index in [9.17, 15) is 0 Å². The number of aliphatic imine (C=N–C) groups is 1. The summed E-state index contributed by atoms with van der Waals surface area (Å²) >= 11 is 0. The fraction of sp³-hybridized carbons (Fsp3) is 0.231. The van der Waals surface area contributed by atoms with E-state index in [2.05, 4.69) is 39.1 Å². The lowest BCUT2D eigenvalue weighted by molar-refractivity contribution is 0.572. The lowest BCUT2D eigenvalue weighted by Crippen LogP contribution is -2.31. The molecule has 0 saturated heterocycles. The van der Waals surface area contributed by atoms with Crippen molar-refractivity contribution in [2.75, 3.05) is 24.5 Å². The third kappa shape index (κ3) is 2.06. The monoisotopic (exact) mass is 227 g/mol. The zero-order valence-electron chi connectivity index (χ0n) is 9.41. The molecular formula is C13H13N3O. The smallest absolute Gasteiger partial charge is 0.181 e. The molecule has 0 amide bonds. The van der Waals surface area contributed by atoms with Crippen LogP contribution in [0.3, 0.4) is 0 Å². The fourth-order valence-corrected chi connectivity index (χ4v) is 1.95. The number of aromatic nitrogens is 1. The number of oxazole rings is 1. The summed E-state index contributed by atoms with van der Waals surface area (Å²) in [5.74, 6) is 0.803. The van der Waals surface area contributed by atoms with Crippen LogP contribution in [0.4, 0.5) is 5.69 Å². The van der Waals surface area contributed by atoms with Gasteiger partial charge in [-0.05, 0) is 24.3 Å². The number of hydrogen-bond acceptors (Lipinski definition) is 4. The van der Waals surface area contributed by atoms with Gasteiger partial charge >= 0.3 is 0 Å². The van der Waals surface area contributed by atoms with Gasteiger partial charge in [0.2, 0.25) is 0 Å². The van der Waals surface area contributed by atoms with E-state index in [-0.39, 0.29) is 0 Å². The highest BCUT2D eigenvalue weighted by molar-refractivity contribution is 5.69. The summed E-state index contributed by atoms with van der Waals surface area (Å²) in [6, 6.07) is 8.33. The van der Waals surface area contributed by atoms with Crippen LogP contribution in [0.5, 0.6) is 0 Å². The number of nitrogens with zero attached hydrogens (tertiary/aromatic N) is 3. The van der Waals surface area contributed by atoms with E-state index in [1.807, 2.05) is 6.21 Å². The lowest BCUT2D eigenvalue weighted by atomic mass is 10.1. The Morgan fingerprint density at radius 2 is 2.06 bits per heavy atom. The molecule has 0 fully saturated rings.